The highest BCUT2D eigenvalue weighted by Gasteiger charge is 2.30. The smallest absolute Gasteiger partial charge is 0.342 e. The number of carbonyl (C=O) groups excluding carboxylic acids is 1. The number of esters is 1. The molecule has 1 heterocycles. The van der Waals surface area contributed by atoms with Crippen LogP contribution in [0.3, 0.4) is 0 Å². The van der Waals surface area contributed by atoms with Crippen molar-refractivity contribution in [1.29, 1.82) is 0 Å². The average molecular weight is 447 g/mol. The van der Waals surface area contributed by atoms with Crippen LogP contribution >= 0.6 is 0 Å². The fraction of sp³-hybridized carbons (Fsp3) is 0.238. The van der Waals surface area contributed by atoms with Gasteiger partial charge in [-0.05, 0) is 36.4 Å². The summed E-state index contributed by atoms with van der Waals surface area (Å²) in [4.78, 5) is 23.2. The van der Waals surface area contributed by atoms with Gasteiger partial charge in [0.05, 0.1) is 12.0 Å². The largest absolute Gasteiger partial charge is 0.507 e. The third-order valence-electron chi connectivity index (χ3n) is 4.52. The van der Waals surface area contributed by atoms with Gasteiger partial charge in [-0.2, -0.15) is 0 Å². The molecule has 2 aromatic carbocycles. The topological polar surface area (TPSA) is 143 Å². The van der Waals surface area contributed by atoms with Gasteiger partial charge in [0.25, 0.3) is 10.0 Å². The van der Waals surface area contributed by atoms with E-state index in [0.717, 1.165) is 18.2 Å². The molecule has 0 amide bonds. The second-order valence-corrected chi connectivity index (χ2v) is 9.53. The van der Waals surface area contributed by atoms with Gasteiger partial charge in [0.15, 0.2) is 0 Å². The van der Waals surface area contributed by atoms with Crippen LogP contribution in [0.4, 0.5) is 5.69 Å². The zero-order valence-electron chi connectivity index (χ0n) is 17.2. The van der Waals surface area contributed by atoms with Crippen molar-refractivity contribution in [3.05, 3.63) is 53.3 Å². The van der Waals surface area contributed by atoms with Gasteiger partial charge in [-0.25, -0.2) is 18.0 Å². The second-order valence-electron chi connectivity index (χ2n) is 7.85. The molecule has 3 rings (SSSR count). The third kappa shape index (κ3) is 4.19. The summed E-state index contributed by atoms with van der Waals surface area (Å²) in [5.41, 5.74) is -0.351. The molecule has 0 bridgehead atoms. The number of carboxylic acid groups (broad SMARTS) is 1. The Hall–Kier alpha value is -3.53. The fourth-order valence-corrected chi connectivity index (χ4v) is 4.14. The number of phenols is 1. The Kier molecular flexibility index (Phi) is 5.45. The van der Waals surface area contributed by atoms with Crippen molar-refractivity contribution in [2.24, 2.45) is 0 Å². The number of hydrogen-bond acceptors (Lipinski definition) is 7. The first-order chi connectivity index (χ1) is 14.3. The Labute approximate surface area is 178 Å². The molecule has 0 unspecified atom stereocenters. The van der Waals surface area contributed by atoms with E-state index >= 15 is 0 Å². The predicted molar refractivity (Wildman–Crippen MR) is 112 cm³/mol. The molecule has 0 saturated heterocycles. The fourth-order valence-electron chi connectivity index (χ4n) is 3.06. The van der Waals surface area contributed by atoms with Crippen LogP contribution in [-0.2, 0) is 20.2 Å². The highest BCUT2D eigenvalue weighted by atomic mass is 32.2. The minimum absolute atomic E-state index is 0.129. The number of ether oxygens (including phenoxy) is 1. The van der Waals surface area contributed by atoms with Crippen LogP contribution in [0, 0.1) is 0 Å². The number of aromatic hydroxyl groups is 1. The predicted octanol–water partition coefficient (Wildman–Crippen LogP) is 3.72. The molecule has 0 aliphatic rings. The first-order valence-electron chi connectivity index (χ1n) is 9.09. The van der Waals surface area contributed by atoms with Gasteiger partial charge in [-0.3, -0.25) is 4.72 Å². The van der Waals surface area contributed by atoms with Crippen LogP contribution in [0.15, 0.2) is 45.7 Å². The summed E-state index contributed by atoms with van der Waals surface area (Å²) < 4.78 is 38.6. The highest BCUT2D eigenvalue weighted by Crippen LogP contribution is 2.36. The highest BCUT2D eigenvalue weighted by molar-refractivity contribution is 7.92. The molecule has 0 spiro atoms. The average Bonchev–Trinajstić information content (AvgIpc) is 3.06. The molecule has 0 fully saturated rings. The van der Waals surface area contributed by atoms with Crippen LogP contribution in [0.5, 0.6) is 5.75 Å². The molecule has 0 atom stereocenters. The molecule has 10 heteroatoms. The van der Waals surface area contributed by atoms with Gasteiger partial charge in [-0.1, -0.05) is 20.8 Å². The van der Waals surface area contributed by atoms with Crippen LogP contribution < -0.4 is 4.72 Å². The lowest BCUT2D eigenvalue weighted by Gasteiger charge is -2.16. The lowest BCUT2D eigenvalue weighted by atomic mass is 9.89. The summed E-state index contributed by atoms with van der Waals surface area (Å²) in [6.07, 6.45) is 0. The van der Waals surface area contributed by atoms with Crippen LogP contribution in [0.1, 0.15) is 47.2 Å². The van der Waals surface area contributed by atoms with E-state index < -0.39 is 38.7 Å². The summed E-state index contributed by atoms with van der Waals surface area (Å²) in [6, 6.07) is 7.34. The van der Waals surface area contributed by atoms with E-state index in [0.29, 0.717) is 16.7 Å². The summed E-state index contributed by atoms with van der Waals surface area (Å²) >= 11 is 0. The van der Waals surface area contributed by atoms with Crippen LogP contribution in [-0.4, -0.2) is 37.7 Å². The van der Waals surface area contributed by atoms with E-state index in [1.807, 2.05) is 20.8 Å². The lowest BCUT2D eigenvalue weighted by Crippen LogP contribution is -2.16. The van der Waals surface area contributed by atoms with Gasteiger partial charge < -0.3 is 19.4 Å². The number of methoxy groups -OCH3 is 1. The Balaban J connectivity index is 2.09. The first kappa shape index (κ1) is 22.2. The van der Waals surface area contributed by atoms with Crippen molar-refractivity contribution >= 4 is 38.6 Å². The van der Waals surface area contributed by atoms with Gasteiger partial charge >= 0.3 is 11.9 Å². The number of hydrogen-bond donors (Lipinski definition) is 3. The lowest BCUT2D eigenvalue weighted by molar-refractivity contribution is 0.0597. The number of anilines is 1. The quantitative estimate of drug-likeness (QED) is 0.502. The maximum Gasteiger partial charge on any atom is 0.342 e. The summed E-state index contributed by atoms with van der Waals surface area (Å²) in [5, 5.41) is 19.1. The number of benzene rings is 2. The summed E-state index contributed by atoms with van der Waals surface area (Å²) in [7, 11) is -2.95. The zero-order chi connectivity index (χ0) is 23.1. The normalized spacial score (nSPS) is 12.0. The van der Waals surface area contributed by atoms with Crippen molar-refractivity contribution in [2.45, 2.75) is 31.1 Å². The number of aromatic carboxylic acids is 1. The number of carbonyl (C=O) groups is 2. The SMILES string of the molecule is COC(=O)c1c(C(C)(C)C)oc2ccc(NS(=O)(=O)c3ccc(O)c(C(=O)O)c3)cc12. The van der Waals surface area contributed by atoms with Crippen molar-refractivity contribution in [3.8, 4) is 5.75 Å². The maximum atomic E-state index is 12.8. The minimum atomic E-state index is -4.19. The minimum Gasteiger partial charge on any atom is -0.507 e. The second kappa shape index (κ2) is 7.62. The van der Waals surface area contributed by atoms with Crippen molar-refractivity contribution in [1.82, 2.24) is 0 Å². The number of fused-ring (bicyclic) bond motifs is 1. The van der Waals surface area contributed by atoms with E-state index in [4.69, 9.17) is 14.3 Å². The van der Waals surface area contributed by atoms with E-state index in [9.17, 15) is 23.1 Å². The molecule has 3 aromatic rings. The Morgan fingerprint density at radius 2 is 1.77 bits per heavy atom. The standard InChI is InChI=1S/C21H21NO8S/c1-21(2,3)18-17(20(26)29-4)14-9-11(5-8-16(14)30-18)22-31(27,28)12-6-7-15(23)13(10-12)19(24)25/h5-10,22-23H,1-4H3,(H,24,25). The number of sulfonamides is 1. The summed E-state index contributed by atoms with van der Waals surface area (Å²) in [6.45, 7) is 5.60. The molecule has 3 N–H and O–H groups in total. The van der Waals surface area contributed by atoms with Crippen molar-refractivity contribution < 1.29 is 37.4 Å². The third-order valence-corrected chi connectivity index (χ3v) is 5.90. The maximum absolute atomic E-state index is 12.8. The van der Waals surface area contributed by atoms with Crippen LogP contribution in [0.25, 0.3) is 11.0 Å². The summed E-state index contributed by atoms with van der Waals surface area (Å²) in [5.74, 6) is -2.23. The Morgan fingerprint density at radius 1 is 1.10 bits per heavy atom. The van der Waals surface area contributed by atoms with Gasteiger partial charge in [0.2, 0.25) is 0 Å². The molecule has 0 saturated carbocycles. The van der Waals surface area contributed by atoms with Gasteiger partial charge in [-0.15, -0.1) is 0 Å². The van der Waals surface area contributed by atoms with E-state index in [-0.39, 0.29) is 16.1 Å². The van der Waals surface area contributed by atoms with Crippen LogP contribution in [0.2, 0.25) is 0 Å². The zero-order valence-corrected chi connectivity index (χ0v) is 18.0. The molecule has 9 nitrogen and oxygen atoms in total. The first-order valence-corrected chi connectivity index (χ1v) is 10.6. The number of nitrogens with one attached hydrogen (secondary N) is 1. The van der Waals surface area contributed by atoms with Gasteiger partial charge in [0, 0.05) is 16.5 Å². The molecule has 0 aliphatic carbocycles. The van der Waals surface area contributed by atoms with E-state index in [1.54, 1.807) is 0 Å². The molecule has 0 radical (unpaired) electrons. The molecular formula is C21H21NO8S. The molecular weight excluding hydrogens is 426 g/mol. The number of rotatable bonds is 5. The Morgan fingerprint density at radius 3 is 2.35 bits per heavy atom. The molecule has 164 valence electrons. The number of carboxylic acids is 1. The molecule has 1 aromatic heterocycles. The van der Waals surface area contributed by atoms with E-state index in [1.165, 1.54) is 25.3 Å². The van der Waals surface area contributed by atoms with Crippen molar-refractivity contribution in [2.75, 3.05) is 11.8 Å². The monoisotopic (exact) mass is 447 g/mol. The van der Waals surface area contributed by atoms with Crippen molar-refractivity contribution in [3.63, 3.8) is 0 Å². The van der Waals surface area contributed by atoms with E-state index in [2.05, 4.69) is 4.72 Å². The Bertz CT molecular complexity index is 1300. The number of furan rings is 1. The van der Waals surface area contributed by atoms with Gasteiger partial charge in [0.1, 0.15) is 28.2 Å². The molecule has 0 aliphatic heterocycles. The molecule has 31 heavy (non-hydrogen) atoms.